The molecule has 1 aliphatic carbocycles. The van der Waals surface area contributed by atoms with Crippen LogP contribution in [-0.2, 0) is 26.2 Å². The molecule has 4 fully saturated rings. The topological polar surface area (TPSA) is 189 Å². The molecule has 1 saturated carbocycles. The van der Waals surface area contributed by atoms with Gasteiger partial charge in [-0.1, -0.05) is 92.3 Å². The van der Waals surface area contributed by atoms with E-state index in [-0.39, 0.29) is 35.8 Å². The first-order chi connectivity index (χ1) is 59.7. The summed E-state index contributed by atoms with van der Waals surface area (Å²) in [6.45, 7) is 26.2. The van der Waals surface area contributed by atoms with Gasteiger partial charge in [-0.2, -0.15) is 0 Å². The molecule has 3 atom stereocenters. The molecule has 7 aliphatic rings. The van der Waals surface area contributed by atoms with E-state index in [0.717, 1.165) is 232 Å². The predicted octanol–water partition coefficient (Wildman–Crippen LogP) is 16.4. The molecule has 8 aromatic carbocycles. The summed E-state index contributed by atoms with van der Waals surface area (Å²) in [5.41, 5.74) is 16.8. The second kappa shape index (κ2) is 40.3. The Morgan fingerprint density at radius 3 is 1.26 bits per heavy atom. The van der Waals surface area contributed by atoms with Crippen molar-refractivity contribution in [1.82, 2.24) is 48.9 Å². The van der Waals surface area contributed by atoms with Crippen LogP contribution in [0.4, 0.5) is 17.1 Å². The quantitative estimate of drug-likeness (QED) is 0.0220. The van der Waals surface area contributed by atoms with Gasteiger partial charge in [-0.05, 0) is 198 Å². The van der Waals surface area contributed by atoms with Gasteiger partial charge in [0.2, 0.25) is 0 Å². The van der Waals surface area contributed by atoms with Gasteiger partial charge in [0.05, 0.1) is 84.8 Å². The number of ether oxygens (including phenoxy) is 7. The van der Waals surface area contributed by atoms with Gasteiger partial charge in [0.15, 0.2) is 39.7 Å². The molecule has 24 heteroatoms. The number of hydrogen-bond acceptors (Lipinski definition) is 20. The number of aromatic nitrogens is 4. The van der Waals surface area contributed by atoms with Crippen molar-refractivity contribution in [3.05, 3.63) is 238 Å². The van der Waals surface area contributed by atoms with Gasteiger partial charge >= 0.3 is 0 Å². The third kappa shape index (κ3) is 19.5. The van der Waals surface area contributed by atoms with Crippen molar-refractivity contribution >= 4 is 57.6 Å². The van der Waals surface area contributed by atoms with Crippen LogP contribution in [-0.4, -0.2) is 219 Å². The van der Waals surface area contributed by atoms with Gasteiger partial charge in [-0.15, -0.1) is 0 Å². The predicted molar refractivity (Wildman–Crippen MR) is 483 cm³/mol. The first-order valence-electron chi connectivity index (χ1n) is 43.6. The van der Waals surface area contributed by atoms with Crippen molar-refractivity contribution in [2.45, 2.75) is 135 Å². The van der Waals surface area contributed by atoms with Crippen molar-refractivity contribution in [3.63, 3.8) is 0 Å². The first-order valence-corrected chi connectivity index (χ1v) is 44.6. The lowest BCUT2D eigenvalue weighted by Crippen LogP contribution is -2.47. The molecular formula is C98H119N13O10S. The van der Waals surface area contributed by atoms with Gasteiger partial charge in [0.1, 0.15) is 5.75 Å². The number of para-hydroxylation sites is 3. The molecule has 0 unspecified atom stereocenters. The van der Waals surface area contributed by atoms with E-state index in [1.165, 1.54) is 29.9 Å². The molecule has 8 heterocycles. The van der Waals surface area contributed by atoms with Crippen LogP contribution in [0.15, 0.2) is 181 Å². The molecule has 3 amide bonds. The summed E-state index contributed by atoms with van der Waals surface area (Å²) < 4.78 is 41.6. The lowest BCUT2D eigenvalue weighted by Gasteiger charge is -2.37. The Bertz CT molecular complexity index is 5220. The number of benzene rings is 8. The third-order valence-corrected chi connectivity index (χ3v) is 26.2. The number of piperazine rings is 3. The number of hydrogen-bond donors (Lipinski definition) is 0. The Morgan fingerprint density at radius 1 is 0.426 bits per heavy atom. The van der Waals surface area contributed by atoms with Crippen molar-refractivity contribution in [2.75, 3.05) is 161 Å². The van der Waals surface area contributed by atoms with Gasteiger partial charge in [-0.3, -0.25) is 19.3 Å². The fourth-order valence-electron chi connectivity index (χ4n) is 18.5. The highest BCUT2D eigenvalue weighted by Crippen LogP contribution is 2.46. The molecular weight excluding hydrogens is 1550 g/mol. The Labute approximate surface area is 723 Å². The SMILES string of the molecule is CCN1CCN(c2cccc3c2CN([C@H](CCCSc2nc(C)cc(C)n2)c2ccc(OC)c(OC)c2)C3=O)CC1.CCN1CCN(c2cccc3c2CN([C@H](CCCn2cnc4ccccc42)c2ccc(OC)c(OC)c2)C3=O)CC1.COc1ccc([C@@H](CCCOc2ccccc2)N2Cc3c(cccc3N3CCN(C4CC4)CC3)C2=O)cc1OC. The normalized spacial score (nSPS) is 16.8. The Balaban J connectivity index is 0.000000142. The van der Waals surface area contributed by atoms with E-state index >= 15 is 0 Å². The lowest BCUT2D eigenvalue weighted by atomic mass is 9.99. The lowest BCUT2D eigenvalue weighted by molar-refractivity contribution is 0.0678. The number of methoxy groups -OCH3 is 6. The van der Waals surface area contributed by atoms with Gasteiger partial charge in [0, 0.05) is 178 Å². The average Bonchev–Trinajstić information content (AvgIpc) is 1.62. The summed E-state index contributed by atoms with van der Waals surface area (Å²) in [5, 5.41) is 0.808. The van der Waals surface area contributed by atoms with Crippen LogP contribution in [0.25, 0.3) is 11.0 Å². The van der Waals surface area contributed by atoms with Gasteiger partial charge < -0.3 is 76.9 Å². The second-order valence-electron chi connectivity index (χ2n) is 32.5. The van der Waals surface area contributed by atoms with Crippen molar-refractivity contribution in [1.29, 1.82) is 0 Å². The standard InChI is InChI=1S/C33H39N5O3.C33H39N3O4.C32H41N5O3S/c1-4-35-17-19-36(20-18-35)29-12-7-9-25-26(29)22-38(33(25)39)28(24-14-15-31(40-2)32(21-24)41-3)13-8-16-37-23-34-27-10-5-6-11-30(27)37;1-38-31-16-13-24(22-32(31)39-2)29(12-7-21-40-26-8-4-3-5-9-26)36-23-28-27(33(36)37)10-6-11-30(28)35-19-17-34(18-20-35)25-14-15-25;1-6-35-14-16-36(17-15-35)28-10-7-9-25-26(28)21-37(31(25)38)27(24-12-13-29(39-4)30(20-24)40-5)11-8-18-41-32-33-22(2)19-23(3)34-32/h5-7,9-12,14-15,21,23,28H,4,8,13,16-20,22H2,1-3H3;3-6,8-11,13,16,22,25,29H,7,12,14-15,17-21,23H2,1-2H3;7,9-10,12-13,19-20,27H,6,8,11,14-18,21H2,1-5H3/t28-;29-;27-/m111/s1. The zero-order valence-electron chi connectivity index (χ0n) is 72.7. The number of amides is 3. The van der Waals surface area contributed by atoms with Crippen LogP contribution in [0.1, 0.15) is 159 Å². The number of fused-ring (bicyclic) bond motifs is 4. The number of thioether (sulfide) groups is 1. The first kappa shape index (κ1) is 85.9. The summed E-state index contributed by atoms with van der Waals surface area (Å²) in [7, 11) is 9.89. The van der Waals surface area contributed by atoms with Crippen molar-refractivity contribution < 1.29 is 47.5 Å². The molecule has 0 bridgehead atoms. The monoisotopic (exact) mass is 1670 g/mol. The Hall–Kier alpha value is -11.1. The average molecular weight is 1670 g/mol. The number of anilines is 3. The highest BCUT2D eigenvalue weighted by atomic mass is 32.2. The fourth-order valence-corrected chi connectivity index (χ4v) is 19.5. The maximum Gasteiger partial charge on any atom is 0.255 e. The molecule has 0 spiro atoms. The summed E-state index contributed by atoms with van der Waals surface area (Å²) in [4.78, 5) is 76.8. The molecule has 10 aromatic rings. The van der Waals surface area contributed by atoms with Crippen LogP contribution in [0.2, 0.25) is 0 Å². The molecule has 0 radical (unpaired) electrons. The maximum atomic E-state index is 14.0. The Morgan fingerprint density at radius 2 is 0.836 bits per heavy atom. The van der Waals surface area contributed by atoms with E-state index in [9.17, 15) is 14.4 Å². The zero-order chi connectivity index (χ0) is 84.8. The van der Waals surface area contributed by atoms with Gasteiger partial charge in [-0.25, -0.2) is 15.0 Å². The molecule has 3 saturated heterocycles. The number of carbonyl (C=O) groups excluding carboxylic acids is 3. The molecule has 6 aliphatic heterocycles. The van der Waals surface area contributed by atoms with Crippen LogP contribution >= 0.6 is 11.8 Å². The van der Waals surface area contributed by atoms with Gasteiger partial charge in [0.25, 0.3) is 17.7 Å². The number of nitrogens with zero attached hydrogens (tertiary/aromatic N) is 13. The maximum absolute atomic E-state index is 14.0. The molecule has 17 rings (SSSR count). The molecule has 23 nitrogen and oxygen atoms in total. The summed E-state index contributed by atoms with van der Waals surface area (Å²) in [6, 6.07) is 57.3. The number of aryl methyl sites for hydroxylation is 3. The highest BCUT2D eigenvalue weighted by Gasteiger charge is 2.41. The highest BCUT2D eigenvalue weighted by molar-refractivity contribution is 7.99. The molecule has 642 valence electrons. The molecule has 122 heavy (non-hydrogen) atoms. The van der Waals surface area contributed by atoms with Crippen LogP contribution in [0.3, 0.4) is 0 Å². The summed E-state index contributed by atoms with van der Waals surface area (Å²) >= 11 is 1.67. The fraction of sp³-hybridized carbons (Fsp3) is 0.429. The van der Waals surface area contributed by atoms with E-state index < -0.39 is 0 Å². The number of likely N-dealkylation sites (N-methyl/N-ethyl adjacent to an activating group) is 2. The summed E-state index contributed by atoms with van der Waals surface area (Å²) in [5.74, 6) is 6.09. The van der Waals surface area contributed by atoms with Crippen LogP contribution in [0.5, 0.6) is 40.2 Å². The van der Waals surface area contributed by atoms with E-state index in [1.54, 1.807) is 54.4 Å². The third-order valence-electron chi connectivity index (χ3n) is 25.3. The molecule has 0 N–H and O–H groups in total. The summed E-state index contributed by atoms with van der Waals surface area (Å²) in [6.07, 6.45) is 9.62. The number of rotatable bonds is 32. The molecule has 2 aromatic heterocycles. The Kier molecular flexibility index (Phi) is 28.4. The minimum Gasteiger partial charge on any atom is -0.494 e. The van der Waals surface area contributed by atoms with E-state index in [1.807, 2.05) is 152 Å². The largest absolute Gasteiger partial charge is 0.494 e. The van der Waals surface area contributed by atoms with E-state index in [0.29, 0.717) is 60.7 Å². The van der Waals surface area contributed by atoms with Crippen LogP contribution < -0.4 is 47.9 Å². The smallest absolute Gasteiger partial charge is 0.255 e. The minimum atomic E-state index is -0.112. The van der Waals surface area contributed by atoms with E-state index in [4.69, 9.17) is 33.2 Å². The second-order valence-corrected chi connectivity index (χ2v) is 33.6. The van der Waals surface area contributed by atoms with Crippen LogP contribution in [0, 0.1) is 13.8 Å². The van der Waals surface area contributed by atoms with Crippen molar-refractivity contribution in [3.8, 4) is 40.2 Å². The zero-order valence-corrected chi connectivity index (χ0v) is 73.5. The number of carbonyl (C=O) groups is 3. The van der Waals surface area contributed by atoms with E-state index in [2.05, 4.69) is 115 Å². The minimum absolute atomic E-state index is 0.0947. The number of imidazole rings is 1. The van der Waals surface area contributed by atoms with Crippen molar-refractivity contribution in [2.24, 2.45) is 0 Å².